The Bertz CT molecular complexity index is 1700. The first-order valence-corrected chi connectivity index (χ1v) is 12.4. The van der Waals surface area contributed by atoms with Gasteiger partial charge in [-0.05, 0) is 25.1 Å². The highest BCUT2D eigenvalue weighted by Crippen LogP contribution is 2.34. The molecule has 5 aromatic heterocycles. The van der Waals surface area contributed by atoms with Crippen LogP contribution < -0.4 is 10.9 Å². The second-order valence-corrected chi connectivity index (χ2v) is 9.68. The lowest BCUT2D eigenvalue weighted by Crippen LogP contribution is -2.25. The molecular formula is C24H19N7OS2. The molecule has 6 rings (SSSR count). The number of thiophene rings is 1. The average molecular weight is 486 g/mol. The Morgan fingerprint density at radius 2 is 1.94 bits per heavy atom. The van der Waals surface area contributed by atoms with Crippen molar-refractivity contribution in [2.45, 2.75) is 13.0 Å². The first-order valence-electron chi connectivity index (χ1n) is 10.6. The van der Waals surface area contributed by atoms with Gasteiger partial charge in [-0.25, -0.2) is 15.0 Å². The standard InChI is InChI=1S/C24H19N7OS2/c1-14(29-22-21-23(26-12-25-22)34-13-27-21)18-8-19-20(17(11-33-19)15-9-28-30(2)10-15)24(32)31(18)16-6-4-3-5-7-16/h3-14H,1-2H3,(H,25,26,29). The van der Waals surface area contributed by atoms with E-state index in [4.69, 9.17) is 0 Å². The molecule has 0 spiro atoms. The Hall–Kier alpha value is -3.89. The van der Waals surface area contributed by atoms with E-state index in [9.17, 15) is 4.79 Å². The van der Waals surface area contributed by atoms with Crippen LogP contribution in [-0.2, 0) is 7.05 Å². The normalized spacial score (nSPS) is 12.4. The first kappa shape index (κ1) is 20.7. The minimum absolute atomic E-state index is 0.0612. The number of nitrogens with one attached hydrogen (secondary N) is 1. The van der Waals surface area contributed by atoms with Gasteiger partial charge in [0.15, 0.2) is 5.82 Å². The number of nitrogens with zero attached hydrogens (tertiary/aromatic N) is 6. The molecule has 0 saturated carbocycles. The van der Waals surface area contributed by atoms with Crippen LogP contribution in [0.15, 0.2) is 70.8 Å². The van der Waals surface area contributed by atoms with Crippen molar-refractivity contribution < 1.29 is 0 Å². The number of aryl methyl sites for hydroxylation is 1. The van der Waals surface area contributed by atoms with Crippen LogP contribution >= 0.6 is 22.7 Å². The maximum absolute atomic E-state index is 14.0. The van der Waals surface area contributed by atoms with Gasteiger partial charge in [-0.3, -0.25) is 14.0 Å². The summed E-state index contributed by atoms with van der Waals surface area (Å²) in [7, 11) is 1.87. The van der Waals surface area contributed by atoms with E-state index in [1.165, 1.54) is 17.7 Å². The van der Waals surface area contributed by atoms with Crippen molar-refractivity contribution in [1.29, 1.82) is 0 Å². The Labute approximate surface area is 202 Å². The maximum atomic E-state index is 14.0. The molecule has 1 atom stereocenters. The average Bonchev–Trinajstić information content (AvgIpc) is 3.59. The fraction of sp³-hybridized carbons (Fsp3) is 0.125. The number of anilines is 1. The molecular weight excluding hydrogens is 466 g/mol. The van der Waals surface area contributed by atoms with Gasteiger partial charge in [0.2, 0.25) is 0 Å². The minimum atomic E-state index is -0.221. The number of benzene rings is 1. The molecule has 0 aliphatic rings. The lowest BCUT2D eigenvalue weighted by molar-refractivity contribution is 0.768. The lowest BCUT2D eigenvalue weighted by Gasteiger charge is -2.21. The molecule has 1 aromatic carbocycles. The third kappa shape index (κ3) is 3.39. The Kier molecular flexibility index (Phi) is 4.96. The van der Waals surface area contributed by atoms with E-state index in [2.05, 4.69) is 31.4 Å². The highest BCUT2D eigenvalue weighted by Gasteiger charge is 2.21. The van der Waals surface area contributed by atoms with Crippen LogP contribution in [0.2, 0.25) is 0 Å². The van der Waals surface area contributed by atoms with Crippen molar-refractivity contribution in [3.63, 3.8) is 0 Å². The van der Waals surface area contributed by atoms with Gasteiger partial charge in [0.1, 0.15) is 16.7 Å². The second kappa shape index (κ2) is 8.15. The van der Waals surface area contributed by atoms with E-state index in [1.807, 2.05) is 55.9 Å². The predicted molar refractivity (Wildman–Crippen MR) is 137 cm³/mol. The molecule has 8 nitrogen and oxygen atoms in total. The Balaban J connectivity index is 1.55. The van der Waals surface area contributed by atoms with Gasteiger partial charge in [0, 0.05) is 45.8 Å². The summed E-state index contributed by atoms with van der Waals surface area (Å²) in [6.45, 7) is 2.02. The smallest absolute Gasteiger partial charge is 0.264 e. The molecule has 0 aliphatic carbocycles. The topological polar surface area (TPSA) is 90.5 Å². The molecule has 0 fully saturated rings. The third-order valence-corrected chi connectivity index (χ3v) is 7.40. The summed E-state index contributed by atoms with van der Waals surface area (Å²) in [5.74, 6) is 0.646. The fourth-order valence-corrected chi connectivity index (χ4v) is 5.77. The molecule has 168 valence electrons. The lowest BCUT2D eigenvalue weighted by atomic mass is 10.1. The van der Waals surface area contributed by atoms with Gasteiger partial charge in [-0.2, -0.15) is 5.10 Å². The summed E-state index contributed by atoms with van der Waals surface area (Å²) in [5, 5.41) is 10.5. The number of hydrogen-bond acceptors (Lipinski definition) is 8. The summed E-state index contributed by atoms with van der Waals surface area (Å²) in [4.78, 5) is 27.9. The van der Waals surface area contributed by atoms with Crippen molar-refractivity contribution in [3.05, 3.63) is 82.1 Å². The predicted octanol–water partition coefficient (Wildman–Crippen LogP) is 5.03. The zero-order valence-corrected chi connectivity index (χ0v) is 20.0. The Morgan fingerprint density at radius 1 is 1.09 bits per heavy atom. The molecule has 0 radical (unpaired) electrons. The van der Waals surface area contributed by atoms with Crippen molar-refractivity contribution in [1.82, 2.24) is 29.3 Å². The van der Waals surface area contributed by atoms with Crippen molar-refractivity contribution in [2.24, 2.45) is 7.05 Å². The van der Waals surface area contributed by atoms with E-state index in [-0.39, 0.29) is 11.6 Å². The van der Waals surface area contributed by atoms with Crippen LogP contribution in [0.1, 0.15) is 18.7 Å². The Morgan fingerprint density at radius 3 is 2.74 bits per heavy atom. The summed E-state index contributed by atoms with van der Waals surface area (Å²) in [5.41, 5.74) is 5.89. The monoisotopic (exact) mass is 485 g/mol. The van der Waals surface area contributed by atoms with Crippen LogP contribution in [0.3, 0.4) is 0 Å². The summed E-state index contributed by atoms with van der Waals surface area (Å²) in [6.07, 6.45) is 5.25. The number of pyridine rings is 1. The summed E-state index contributed by atoms with van der Waals surface area (Å²) >= 11 is 3.03. The van der Waals surface area contributed by atoms with Crippen LogP contribution in [0.5, 0.6) is 0 Å². The number of rotatable bonds is 5. The minimum Gasteiger partial charge on any atom is -0.360 e. The zero-order valence-electron chi connectivity index (χ0n) is 18.3. The molecule has 6 aromatic rings. The molecule has 0 aliphatic heterocycles. The van der Waals surface area contributed by atoms with Gasteiger partial charge in [0.05, 0.1) is 23.1 Å². The largest absolute Gasteiger partial charge is 0.360 e. The summed E-state index contributed by atoms with van der Waals surface area (Å²) < 4.78 is 4.46. The first-order chi connectivity index (χ1) is 16.6. The van der Waals surface area contributed by atoms with Crippen LogP contribution in [0, 0.1) is 0 Å². The van der Waals surface area contributed by atoms with E-state index in [1.54, 1.807) is 32.3 Å². The molecule has 0 bridgehead atoms. The van der Waals surface area contributed by atoms with Gasteiger partial charge < -0.3 is 5.32 Å². The molecule has 5 heterocycles. The molecule has 0 saturated heterocycles. The highest BCUT2D eigenvalue weighted by atomic mass is 32.1. The third-order valence-electron chi connectivity index (χ3n) is 5.74. The molecule has 1 unspecified atom stereocenters. The fourth-order valence-electron chi connectivity index (χ4n) is 4.14. The van der Waals surface area contributed by atoms with Crippen molar-refractivity contribution in [3.8, 4) is 16.8 Å². The molecule has 10 heteroatoms. The zero-order chi connectivity index (χ0) is 23.2. The number of para-hydroxylation sites is 1. The van der Waals surface area contributed by atoms with E-state index >= 15 is 0 Å². The summed E-state index contributed by atoms with van der Waals surface area (Å²) in [6, 6.07) is 11.6. The van der Waals surface area contributed by atoms with Gasteiger partial charge in [-0.1, -0.05) is 18.2 Å². The number of aromatic nitrogens is 6. The van der Waals surface area contributed by atoms with Crippen LogP contribution in [-0.4, -0.2) is 29.3 Å². The van der Waals surface area contributed by atoms with E-state index in [0.717, 1.165) is 37.6 Å². The number of fused-ring (bicyclic) bond motifs is 2. The van der Waals surface area contributed by atoms with Crippen molar-refractivity contribution in [2.75, 3.05) is 5.32 Å². The molecule has 0 amide bonds. The molecule has 1 N–H and O–H groups in total. The second-order valence-electron chi connectivity index (χ2n) is 7.93. The number of hydrogen-bond donors (Lipinski definition) is 1. The van der Waals surface area contributed by atoms with E-state index < -0.39 is 0 Å². The van der Waals surface area contributed by atoms with Gasteiger partial charge in [0.25, 0.3) is 5.56 Å². The quantitative estimate of drug-likeness (QED) is 0.369. The van der Waals surface area contributed by atoms with Crippen LogP contribution in [0.4, 0.5) is 5.82 Å². The van der Waals surface area contributed by atoms with Gasteiger partial charge >= 0.3 is 0 Å². The molecule has 34 heavy (non-hydrogen) atoms. The SMILES string of the molecule is CC(Nc1ncnc2scnc12)c1cc2scc(-c3cnn(C)c3)c2c(=O)n1-c1ccccc1. The van der Waals surface area contributed by atoms with Crippen LogP contribution in [0.25, 0.3) is 37.2 Å². The van der Waals surface area contributed by atoms with E-state index in [0.29, 0.717) is 11.2 Å². The van der Waals surface area contributed by atoms with Gasteiger partial charge in [-0.15, -0.1) is 22.7 Å². The highest BCUT2D eigenvalue weighted by molar-refractivity contribution is 7.17. The maximum Gasteiger partial charge on any atom is 0.264 e. The number of thiazole rings is 1. The van der Waals surface area contributed by atoms with Crippen molar-refractivity contribution >= 4 is 48.9 Å².